The maximum atomic E-state index is 13.2. The minimum absolute atomic E-state index is 0.0219. The number of aryl methyl sites for hydroxylation is 2. The van der Waals surface area contributed by atoms with Crippen LogP contribution in [0.1, 0.15) is 11.1 Å². The summed E-state index contributed by atoms with van der Waals surface area (Å²) in [6.07, 6.45) is 1.33. The zero-order valence-electron chi connectivity index (χ0n) is 10.7. The van der Waals surface area contributed by atoms with Crippen LogP contribution in [0.2, 0.25) is 5.28 Å². The topological polar surface area (TPSA) is 72.0 Å². The lowest BCUT2D eigenvalue weighted by Gasteiger charge is -2.12. The molecule has 0 amide bonds. The molecule has 0 atom stereocenters. The van der Waals surface area contributed by atoms with E-state index in [0.717, 1.165) is 12.1 Å². The molecular formula is C12H11ClFN3O2S. The van der Waals surface area contributed by atoms with Gasteiger partial charge < -0.3 is 0 Å². The van der Waals surface area contributed by atoms with Crippen molar-refractivity contribution in [2.45, 2.75) is 18.7 Å². The van der Waals surface area contributed by atoms with Crippen LogP contribution in [0.4, 0.5) is 10.2 Å². The van der Waals surface area contributed by atoms with Gasteiger partial charge in [0.1, 0.15) is 11.6 Å². The molecule has 0 saturated carbocycles. The highest BCUT2D eigenvalue weighted by molar-refractivity contribution is 7.92. The molecule has 0 fully saturated rings. The highest BCUT2D eigenvalue weighted by Crippen LogP contribution is 2.23. The van der Waals surface area contributed by atoms with Crippen LogP contribution in [-0.4, -0.2) is 18.4 Å². The van der Waals surface area contributed by atoms with Gasteiger partial charge in [0, 0.05) is 6.20 Å². The Morgan fingerprint density at radius 1 is 1.25 bits per heavy atom. The number of rotatable bonds is 3. The predicted octanol–water partition coefficient (Wildman–Crippen LogP) is 2.69. The van der Waals surface area contributed by atoms with Crippen LogP contribution in [0, 0.1) is 19.7 Å². The fourth-order valence-electron chi connectivity index (χ4n) is 1.90. The number of hydrogen-bond acceptors (Lipinski definition) is 4. The fraction of sp³-hybridized carbons (Fsp3) is 0.167. The van der Waals surface area contributed by atoms with Crippen molar-refractivity contribution < 1.29 is 12.8 Å². The van der Waals surface area contributed by atoms with E-state index in [0.29, 0.717) is 11.1 Å². The van der Waals surface area contributed by atoms with Crippen molar-refractivity contribution in [3.8, 4) is 0 Å². The second kappa shape index (κ2) is 5.34. The zero-order valence-corrected chi connectivity index (χ0v) is 12.3. The lowest BCUT2D eigenvalue weighted by Crippen LogP contribution is -2.17. The van der Waals surface area contributed by atoms with E-state index in [1.165, 1.54) is 26.1 Å². The Hall–Kier alpha value is -1.73. The van der Waals surface area contributed by atoms with E-state index in [1.54, 1.807) is 0 Å². The summed E-state index contributed by atoms with van der Waals surface area (Å²) in [5.41, 5.74) is 0.630. The first kappa shape index (κ1) is 14.7. The number of halogens is 2. The molecule has 5 nitrogen and oxygen atoms in total. The Labute approximate surface area is 120 Å². The van der Waals surface area contributed by atoms with Gasteiger partial charge in [-0.15, -0.1) is 0 Å². The van der Waals surface area contributed by atoms with Crippen molar-refractivity contribution in [3.63, 3.8) is 0 Å². The van der Waals surface area contributed by atoms with Crippen molar-refractivity contribution in [3.05, 3.63) is 46.6 Å². The zero-order chi connectivity index (χ0) is 14.9. The summed E-state index contributed by atoms with van der Waals surface area (Å²) in [7, 11) is -3.87. The highest BCUT2D eigenvalue weighted by atomic mass is 35.5. The number of sulfonamides is 1. The van der Waals surface area contributed by atoms with Crippen molar-refractivity contribution in [1.29, 1.82) is 0 Å². The summed E-state index contributed by atoms with van der Waals surface area (Å²) >= 11 is 5.60. The number of hydrogen-bond donors (Lipinski definition) is 1. The van der Waals surface area contributed by atoms with E-state index in [1.807, 2.05) is 0 Å². The van der Waals surface area contributed by atoms with Crippen LogP contribution in [0.25, 0.3) is 0 Å². The molecule has 0 bridgehead atoms. The van der Waals surface area contributed by atoms with Gasteiger partial charge in [-0.1, -0.05) is 0 Å². The normalized spacial score (nSPS) is 11.4. The number of nitrogens with one attached hydrogen (secondary N) is 1. The van der Waals surface area contributed by atoms with Gasteiger partial charge in [0.05, 0.1) is 4.90 Å². The second-order valence-electron chi connectivity index (χ2n) is 4.19. The molecule has 1 heterocycles. The van der Waals surface area contributed by atoms with Gasteiger partial charge in [0.15, 0.2) is 0 Å². The molecule has 20 heavy (non-hydrogen) atoms. The van der Waals surface area contributed by atoms with E-state index >= 15 is 0 Å². The lowest BCUT2D eigenvalue weighted by atomic mass is 10.1. The van der Waals surface area contributed by atoms with Crippen LogP contribution in [0.3, 0.4) is 0 Å². The predicted molar refractivity (Wildman–Crippen MR) is 73.7 cm³/mol. The molecule has 8 heteroatoms. The molecule has 0 unspecified atom stereocenters. The molecule has 1 N–H and O–H groups in total. The number of benzene rings is 1. The lowest BCUT2D eigenvalue weighted by molar-refractivity contribution is 0.597. The van der Waals surface area contributed by atoms with Crippen molar-refractivity contribution >= 4 is 27.4 Å². The van der Waals surface area contributed by atoms with E-state index < -0.39 is 15.8 Å². The third kappa shape index (κ3) is 3.05. The molecule has 2 rings (SSSR count). The summed E-state index contributed by atoms with van der Waals surface area (Å²) in [4.78, 5) is 7.43. The molecule has 0 saturated heterocycles. The molecule has 1 aromatic heterocycles. The van der Waals surface area contributed by atoms with Gasteiger partial charge in [-0.25, -0.2) is 17.8 Å². The molecule has 0 aliphatic carbocycles. The average molecular weight is 316 g/mol. The molecule has 0 aliphatic rings. The highest BCUT2D eigenvalue weighted by Gasteiger charge is 2.21. The monoisotopic (exact) mass is 315 g/mol. The summed E-state index contributed by atoms with van der Waals surface area (Å²) in [5, 5.41) is -0.0715. The molecule has 0 aliphatic heterocycles. The first-order valence-electron chi connectivity index (χ1n) is 5.58. The molecular weight excluding hydrogens is 305 g/mol. The van der Waals surface area contributed by atoms with Crippen molar-refractivity contribution in [2.24, 2.45) is 0 Å². The largest absolute Gasteiger partial charge is 0.263 e. The van der Waals surface area contributed by atoms with Crippen molar-refractivity contribution in [1.82, 2.24) is 9.97 Å². The van der Waals surface area contributed by atoms with Gasteiger partial charge in [-0.05, 0) is 54.8 Å². The van der Waals surface area contributed by atoms with Crippen LogP contribution in [0.15, 0.2) is 29.3 Å². The molecule has 1 aromatic carbocycles. The third-order valence-electron chi connectivity index (χ3n) is 2.56. The van der Waals surface area contributed by atoms with Crippen LogP contribution < -0.4 is 4.72 Å². The van der Waals surface area contributed by atoms with E-state index in [-0.39, 0.29) is 16.0 Å². The Bertz CT molecular complexity index is 742. The van der Waals surface area contributed by atoms with Crippen LogP contribution in [0.5, 0.6) is 0 Å². The summed E-state index contributed by atoms with van der Waals surface area (Å²) in [6.45, 7) is 3.05. The molecule has 0 spiro atoms. The van der Waals surface area contributed by atoms with Crippen LogP contribution in [-0.2, 0) is 10.0 Å². The van der Waals surface area contributed by atoms with E-state index in [2.05, 4.69) is 14.7 Å². The van der Waals surface area contributed by atoms with E-state index in [4.69, 9.17) is 11.6 Å². The summed E-state index contributed by atoms with van der Waals surface area (Å²) in [5.74, 6) is -0.433. The molecule has 0 radical (unpaired) electrons. The third-order valence-corrected chi connectivity index (χ3v) is 4.40. The maximum absolute atomic E-state index is 13.2. The molecule has 2 aromatic rings. The Morgan fingerprint density at radius 3 is 2.40 bits per heavy atom. The van der Waals surface area contributed by atoms with Crippen LogP contribution >= 0.6 is 11.6 Å². The second-order valence-corrected chi connectivity index (χ2v) is 6.14. The number of aromatic nitrogens is 2. The Balaban J connectivity index is 2.46. The smallest absolute Gasteiger partial charge is 0.263 e. The number of nitrogens with zero attached hydrogens (tertiary/aromatic N) is 2. The minimum atomic E-state index is -3.87. The minimum Gasteiger partial charge on any atom is -0.263 e. The maximum Gasteiger partial charge on any atom is 0.263 e. The first-order valence-corrected chi connectivity index (χ1v) is 7.44. The fourth-order valence-corrected chi connectivity index (χ4v) is 3.51. The SMILES string of the molecule is Cc1cc(F)cc(C)c1S(=O)(=O)Nc1ccnc(Cl)n1. The van der Waals surface area contributed by atoms with Gasteiger partial charge in [-0.3, -0.25) is 4.72 Å². The van der Waals surface area contributed by atoms with Gasteiger partial charge >= 0.3 is 0 Å². The number of anilines is 1. The van der Waals surface area contributed by atoms with Crippen molar-refractivity contribution in [2.75, 3.05) is 4.72 Å². The van der Waals surface area contributed by atoms with E-state index in [9.17, 15) is 12.8 Å². The van der Waals surface area contributed by atoms with Gasteiger partial charge in [-0.2, -0.15) is 4.98 Å². The van der Waals surface area contributed by atoms with Gasteiger partial charge in [0.2, 0.25) is 5.28 Å². The average Bonchev–Trinajstić information content (AvgIpc) is 2.25. The Morgan fingerprint density at radius 2 is 1.85 bits per heavy atom. The standard InChI is InChI=1S/C12H11ClFN3O2S/c1-7-5-9(14)6-8(2)11(7)20(18,19)17-10-3-4-15-12(13)16-10/h3-6H,1-2H3,(H,15,16,17). The Kier molecular flexibility index (Phi) is 3.92. The summed E-state index contributed by atoms with van der Waals surface area (Å²) < 4.78 is 40.2. The quantitative estimate of drug-likeness (QED) is 0.884. The first-order chi connectivity index (χ1) is 9.29. The summed E-state index contributed by atoms with van der Waals surface area (Å²) in [6, 6.07) is 3.70. The molecule has 106 valence electrons. The van der Waals surface area contributed by atoms with Gasteiger partial charge in [0.25, 0.3) is 10.0 Å².